The topological polar surface area (TPSA) is 58.4 Å². The molecule has 0 amide bonds. The lowest BCUT2D eigenvalue weighted by Crippen LogP contribution is -2.31. The zero-order valence-corrected chi connectivity index (χ0v) is 13.0. The minimum atomic E-state index is -0.712. The Morgan fingerprint density at radius 2 is 2.32 bits per heavy atom. The zero-order chi connectivity index (χ0) is 14.0. The predicted molar refractivity (Wildman–Crippen MR) is 76.0 cm³/mol. The molecule has 0 aliphatic carbocycles. The van der Waals surface area contributed by atoms with Gasteiger partial charge in [0.1, 0.15) is 0 Å². The number of rotatable bonds is 5. The molecule has 0 aromatic carbocycles. The summed E-state index contributed by atoms with van der Waals surface area (Å²) >= 11 is 3.59. The van der Waals surface area contributed by atoms with Crippen LogP contribution in [0.5, 0.6) is 0 Å². The summed E-state index contributed by atoms with van der Waals surface area (Å²) in [5.74, 6) is -0.712. The fraction of sp³-hybridized carbons (Fsp3) is 0.692. The number of hydrogen-bond donors (Lipinski definition) is 1. The summed E-state index contributed by atoms with van der Waals surface area (Å²) in [4.78, 5) is 13.2. The van der Waals surface area contributed by atoms with Crippen LogP contribution in [0.15, 0.2) is 4.47 Å². The number of carboxylic acids is 1. The molecule has 1 fully saturated rings. The maximum absolute atomic E-state index is 10.9. The fourth-order valence-corrected chi connectivity index (χ4v) is 3.16. The van der Waals surface area contributed by atoms with Gasteiger partial charge < -0.3 is 5.11 Å². The highest BCUT2D eigenvalue weighted by atomic mass is 79.9. The van der Waals surface area contributed by atoms with Gasteiger partial charge in [-0.3, -0.25) is 14.4 Å². The van der Waals surface area contributed by atoms with E-state index in [0.717, 1.165) is 48.3 Å². The number of aromatic nitrogens is 2. The molecule has 1 N–H and O–H groups in total. The normalized spacial score (nSPS) is 20.1. The first-order chi connectivity index (χ1) is 9.02. The van der Waals surface area contributed by atoms with Gasteiger partial charge in [-0.25, -0.2) is 0 Å². The van der Waals surface area contributed by atoms with Crippen LogP contribution in [0.25, 0.3) is 0 Å². The van der Waals surface area contributed by atoms with Gasteiger partial charge in [0.2, 0.25) is 0 Å². The molecule has 1 unspecified atom stereocenters. The van der Waals surface area contributed by atoms with Crippen LogP contribution in [-0.4, -0.2) is 38.3 Å². The number of halogens is 1. The highest BCUT2D eigenvalue weighted by molar-refractivity contribution is 9.10. The van der Waals surface area contributed by atoms with Crippen LogP contribution in [0.4, 0.5) is 0 Å². The van der Waals surface area contributed by atoms with Crippen molar-refractivity contribution in [1.82, 2.24) is 14.7 Å². The number of hydrogen-bond acceptors (Lipinski definition) is 3. The number of carboxylic acid groups (broad SMARTS) is 1. The van der Waals surface area contributed by atoms with Gasteiger partial charge in [0.15, 0.2) is 0 Å². The highest BCUT2D eigenvalue weighted by Gasteiger charge is 2.28. The van der Waals surface area contributed by atoms with E-state index in [1.54, 1.807) is 0 Å². The van der Waals surface area contributed by atoms with Crippen molar-refractivity contribution in [2.45, 2.75) is 52.2 Å². The second-order valence-electron chi connectivity index (χ2n) is 5.03. The average Bonchev–Trinajstić information content (AvgIpc) is 2.88. The molecule has 6 heteroatoms. The number of aliphatic carboxylic acids is 1. The molecule has 106 valence electrons. The Kier molecular flexibility index (Phi) is 4.62. The van der Waals surface area contributed by atoms with Crippen molar-refractivity contribution in [2.24, 2.45) is 0 Å². The summed E-state index contributed by atoms with van der Waals surface area (Å²) in [7, 11) is 0. The van der Waals surface area contributed by atoms with Crippen LogP contribution in [0, 0.1) is 6.92 Å². The molecule has 1 aliphatic rings. The Labute approximate surface area is 121 Å². The summed E-state index contributed by atoms with van der Waals surface area (Å²) in [5.41, 5.74) is 2.14. The molecule has 2 rings (SSSR count). The van der Waals surface area contributed by atoms with E-state index >= 15 is 0 Å². The maximum Gasteiger partial charge on any atom is 0.304 e. The SMILES string of the molecule is CCn1nc(C)c(Br)c1CN1CCCC1CC(=O)O. The Balaban J connectivity index is 2.14. The first kappa shape index (κ1) is 14.5. The van der Waals surface area contributed by atoms with E-state index in [0.29, 0.717) is 0 Å². The summed E-state index contributed by atoms with van der Waals surface area (Å²) in [6.45, 7) is 6.63. The average molecular weight is 330 g/mol. The molecule has 5 nitrogen and oxygen atoms in total. The summed E-state index contributed by atoms with van der Waals surface area (Å²) in [6, 6.07) is 0.157. The minimum Gasteiger partial charge on any atom is -0.481 e. The molecule has 1 aromatic rings. The highest BCUT2D eigenvalue weighted by Crippen LogP contribution is 2.27. The van der Waals surface area contributed by atoms with Gasteiger partial charge in [-0.1, -0.05) is 0 Å². The Morgan fingerprint density at radius 1 is 1.58 bits per heavy atom. The molecule has 19 heavy (non-hydrogen) atoms. The number of likely N-dealkylation sites (tertiary alicyclic amines) is 1. The van der Waals surface area contributed by atoms with Gasteiger partial charge in [-0.05, 0) is 49.2 Å². The predicted octanol–water partition coefficient (Wildman–Crippen LogP) is 2.41. The molecule has 1 aliphatic heterocycles. The Morgan fingerprint density at radius 3 is 2.95 bits per heavy atom. The fourth-order valence-electron chi connectivity index (χ4n) is 2.75. The lowest BCUT2D eigenvalue weighted by molar-refractivity contribution is -0.138. The largest absolute Gasteiger partial charge is 0.481 e. The molecule has 1 saturated heterocycles. The molecule has 2 heterocycles. The molecule has 0 saturated carbocycles. The van der Waals surface area contributed by atoms with Gasteiger partial charge in [-0.15, -0.1) is 0 Å². The van der Waals surface area contributed by atoms with E-state index in [1.807, 2.05) is 11.6 Å². The molecule has 0 radical (unpaired) electrons. The molecule has 0 spiro atoms. The maximum atomic E-state index is 10.9. The van der Waals surface area contributed by atoms with Crippen LogP contribution in [0.1, 0.15) is 37.6 Å². The molecular formula is C13H20BrN3O2. The van der Waals surface area contributed by atoms with Crippen LogP contribution in [0.2, 0.25) is 0 Å². The summed E-state index contributed by atoms with van der Waals surface area (Å²) in [6.07, 6.45) is 2.29. The number of carbonyl (C=O) groups is 1. The lowest BCUT2D eigenvalue weighted by atomic mass is 10.1. The van der Waals surface area contributed by atoms with E-state index in [4.69, 9.17) is 5.11 Å². The van der Waals surface area contributed by atoms with Gasteiger partial charge in [0.05, 0.1) is 22.3 Å². The van der Waals surface area contributed by atoms with Crippen molar-refractivity contribution in [3.8, 4) is 0 Å². The monoisotopic (exact) mass is 329 g/mol. The van der Waals surface area contributed by atoms with Gasteiger partial charge in [0.25, 0.3) is 0 Å². The van der Waals surface area contributed by atoms with Crippen LogP contribution >= 0.6 is 15.9 Å². The minimum absolute atomic E-state index is 0.157. The van der Waals surface area contributed by atoms with Crippen molar-refractivity contribution in [2.75, 3.05) is 6.54 Å². The zero-order valence-electron chi connectivity index (χ0n) is 11.4. The second-order valence-corrected chi connectivity index (χ2v) is 5.82. The molecule has 1 atom stereocenters. The van der Waals surface area contributed by atoms with Crippen LogP contribution in [-0.2, 0) is 17.9 Å². The van der Waals surface area contributed by atoms with E-state index in [9.17, 15) is 4.79 Å². The van der Waals surface area contributed by atoms with Crippen molar-refractivity contribution >= 4 is 21.9 Å². The standard InChI is InChI=1S/C13H20BrN3O2/c1-3-17-11(13(14)9(2)15-17)8-16-6-4-5-10(16)7-12(18)19/h10H,3-8H2,1-2H3,(H,18,19). The smallest absolute Gasteiger partial charge is 0.304 e. The van der Waals surface area contributed by atoms with Crippen LogP contribution in [0.3, 0.4) is 0 Å². The van der Waals surface area contributed by atoms with Gasteiger partial charge in [0, 0.05) is 19.1 Å². The first-order valence-electron chi connectivity index (χ1n) is 6.70. The van der Waals surface area contributed by atoms with Crippen LogP contribution < -0.4 is 0 Å². The van der Waals surface area contributed by atoms with E-state index in [1.165, 1.54) is 0 Å². The lowest BCUT2D eigenvalue weighted by Gasteiger charge is -2.23. The molecule has 1 aromatic heterocycles. The van der Waals surface area contributed by atoms with E-state index < -0.39 is 5.97 Å². The molecular weight excluding hydrogens is 310 g/mol. The van der Waals surface area contributed by atoms with Crippen molar-refractivity contribution in [3.63, 3.8) is 0 Å². The van der Waals surface area contributed by atoms with E-state index in [2.05, 4.69) is 32.9 Å². The van der Waals surface area contributed by atoms with Crippen molar-refractivity contribution in [1.29, 1.82) is 0 Å². The van der Waals surface area contributed by atoms with Crippen molar-refractivity contribution < 1.29 is 9.90 Å². The third-order valence-electron chi connectivity index (χ3n) is 3.72. The third-order valence-corrected chi connectivity index (χ3v) is 4.75. The quantitative estimate of drug-likeness (QED) is 0.901. The Bertz CT molecular complexity index is 473. The first-order valence-corrected chi connectivity index (χ1v) is 7.49. The van der Waals surface area contributed by atoms with Gasteiger partial charge >= 0.3 is 5.97 Å². The number of nitrogens with zero attached hydrogens (tertiary/aromatic N) is 3. The third kappa shape index (κ3) is 3.17. The second kappa shape index (κ2) is 6.05. The number of aryl methyl sites for hydroxylation is 2. The van der Waals surface area contributed by atoms with Gasteiger partial charge in [-0.2, -0.15) is 5.10 Å². The summed E-state index contributed by atoms with van der Waals surface area (Å²) < 4.78 is 3.05. The summed E-state index contributed by atoms with van der Waals surface area (Å²) in [5, 5.41) is 13.4. The van der Waals surface area contributed by atoms with E-state index in [-0.39, 0.29) is 12.5 Å². The van der Waals surface area contributed by atoms with Crippen molar-refractivity contribution in [3.05, 3.63) is 15.9 Å². The Hall–Kier alpha value is -0.880. The molecule has 0 bridgehead atoms.